The van der Waals surface area contributed by atoms with Gasteiger partial charge in [0, 0.05) is 23.5 Å². The Morgan fingerprint density at radius 1 is 1.46 bits per heavy atom. The minimum Gasteiger partial charge on any atom is -0.490 e. The zero-order valence-corrected chi connectivity index (χ0v) is 15.2. The highest BCUT2D eigenvalue weighted by Gasteiger charge is 2.55. The molecule has 26 heavy (non-hydrogen) atoms. The second-order valence-corrected chi connectivity index (χ2v) is 7.73. The Balaban J connectivity index is 1.65. The molecule has 2 heterocycles. The predicted octanol–water partition coefficient (Wildman–Crippen LogP) is 2.50. The number of fused-ring (bicyclic) bond motifs is 2. The van der Waals surface area contributed by atoms with E-state index in [4.69, 9.17) is 15.2 Å². The summed E-state index contributed by atoms with van der Waals surface area (Å²) in [6.45, 7) is 6.60. The van der Waals surface area contributed by atoms with Gasteiger partial charge in [0.15, 0.2) is 0 Å². The number of amides is 1. The van der Waals surface area contributed by atoms with E-state index >= 15 is 0 Å². The molecular weight excluding hydrogens is 330 g/mol. The fraction of sp³-hybridized carbons (Fsp3) is 0.500. The van der Waals surface area contributed by atoms with Crippen molar-refractivity contribution in [1.82, 2.24) is 10.3 Å². The molecular formula is C20H25N3O3. The summed E-state index contributed by atoms with van der Waals surface area (Å²) >= 11 is 0. The Kier molecular flexibility index (Phi) is 4.23. The van der Waals surface area contributed by atoms with Crippen molar-refractivity contribution in [2.45, 2.75) is 32.8 Å². The maximum atomic E-state index is 11.8. The molecule has 3 N–H and O–H groups in total. The number of pyridine rings is 1. The van der Waals surface area contributed by atoms with Crippen molar-refractivity contribution in [3.63, 3.8) is 0 Å². The largest absolute Gasteiger partial charge is 0.490 e. The molecule has 2 aromatic rings. The van der Waals surface area contributed by atoms with E-state index in [-0.39, 0.29) is 11.5 Å². The molecule has 2 fully saturated rings. The van der Waals surface area contributed by atoms with Crippen LogP contribution in [0.3, 0.4) is 0 Å². The lowest BCUT2D eigenvalue weighted by molar-refractivity contribution is 0.0994. The molecule has 1 saturated carbocycles. The van der Waals surface area contributed by atoms with E-state index in [2.05, 4.69) is 10.3 Å². The molecule has 138 valence electrons. The molecule has 1 saturated heterocycles. The average Bonchev–Trinajstić information content (AvgIpc) is 3.33. The molecule has 1 amide bonds. The first-order valence-corrected chi connectivity index (χ1v) is 9.21. The van der Waals surface area contributed by atoms with E-state index in [0.717, 1.165) is 29.8 Å². The molecule has 0 spiro atoms. The molecule has 0 radical (unpaired) electrons. The third-order valence-electron chi connectivity index (χ3n) is 5.46. The highest BCUT2D eigenvalue weighted by molar-refractivity contribution is 6.01. The van der Waals surface area contributed by atoms with Gasteiger partial charge in [0.05, 0.1) is 18.3 Å². The van der Waals surface area contributed by atoms with E-state index in [1.807, 2.05) is 26.0 Å². The van der Waals surface area contributed by atoms with Gasteiger partial charge >= 0.3 is 0 Å². The number of nitrogens with two attached hydrogens (primary N) is 1. The normalized spacial score (nSPS) is 24.3. The monoisotopic (exact) mass is 355 g/mol. The zero-order chi connectivity index (χ0) is 18.3. The second-order valence-electron chi connectivity index (χ2n) is 7.73. The third-order valence-corrected chi connectivity index (χ3v) is 5.46. The van der Waals surface area contributed by atoms with Gasteiger partial charge in [-0.1, -0.05) is 0 Å². The summed E-state index contributed by atoms with van der Waals surface area (Å²) in [4.78, 5) is 16.2. The molecule has 1 unspecified atom stereocenters. The molecule has 6 nitrogen and oxygen atoms in total. The third kappa shape index (κ3) is 3.09. The number of ether oxygens (including phenoxy) is 2. The van der Waals surface area contributed by atoms with E-state index in [1.165, 1.54) is 12.8 Å². The molecule has 0 bridgehead atoms. The number of aromatic nitrogens is 1. The lowest BCUT2D eigenvalue weighted by Crippen LogP contribution is -2.35. The zero-order valence-electron chi connectivity index (χ0n) is 15.2. The van der Waals surface area contributed by atoms with Crippen molar-refractivity contribution in [3.8, 4) is 11.6 Å². The Morgan fingerprint density at radius 3 is 3.04 bits per heavy atom. The molecule has 4 rings (SSSR count). The first-order chi connectivity index (χ1) is 12.5. The summed E-state index contributed by atoms with van der Waals surface area (Å²) in [5.41, 5.74) is 6.16. The summed E-state index contributed by atoms with van der Waals surface area (Å²) in [7, 11) is 0. The van der Waals surface area contributed by atoms with Crippen LogP contribution in [0.2, 0.25) is 0 Å². The van der Waals surface area contributed by atoms with Crippen LogP contribution in [0.5, 0.6) is 11.6 Å². The van der Waals surface area contributed by atoms with Crippen molar-refractivity contribution in [2.75, 3.05) is 19.7 Å². The van der Waals surface area contributed by atoms with Crippen LogP contribution in [0, 0.1) is 11.3 Å². The minimum absolute atomic E-state index is 0.0639. The fourth-order valence-electron chi connectivity index (χ4n) is 3.94. The smallest absolute Gasteiger partial charge is 0.252 e. The number of nitrogens with zero attached hydrogens (tertiary/aromatic N) is 1. The van der Waals surface area contributed by atoms with Gasteiger partial charge in [-0.05, 0) is 62.7 Å². The van der Waals surface area contributed by atoms with Crippen molar-refractivity contribution in [3.05, 3.63) is 30.0 Å². The molecule has 1 aromatic heterocycles. The number of carbonyl (C=O) groups excluding carboxylic acids is 1. The molecule has 2 atom stereocenters. The number of nitrogens with one attached hydrogen (secondary N) is 1. The van der Waals surface area contributed by atoms with Crippen LogP contribution < -0.4 is 20.5 Å². The van der Waals surface area contributed by atoms with Gasteiger partial charge in [-0.2, -0.15) is 0 Å². The van der Waals surface area contributed by atoms with Gasteiger partial charge < -0.3 is 20.5 Å². The number of piperidine rings is 1. The van der Waals surface area contributed by atoms with Crippen molar-refractivity contribution in [2.24, 2.45) is 17.1 Å². The van der Waals surface area contributed by atoms with Crippen LogP contribution >= 0.6 is 0 Å². The van der Waals surface area contributed by atoms with E-state index < -0.39 is 5.91 Å². The number of benzene rings is 1. The summed E-state index contributed by atoms with van der Waals surface area (Å²) in [6, 6.07) is 5.43. The van der Waals surface area contributed by atoms with Crippen molar-refractivity contribution < 1.29 is 14.3 Å². The Bertz CT molecular complexity index is 852. The van der Waals surface area contributed by atoms with Gasteiger partial charge in [-0.25, -0.2) is 4.98 Å². The maximum absolute atomic E-state index is 11.8. The van der Waals surface area contributed by atoms with Crippen LogP contribution in [-0.4, -0.2) is 36.7 Å². The Hall–Kier alpha value is -2.34. The first-order valence-electron chi connectivity index (χ1n) is 9.21. The van der Waals surface area contributed by atoms with E-state index in [1.54, 1.807) is 12.3 Å². The first kappa shape index (κ1) is 17.1. The number of rotatable bonds is 6. The number of primary amides is 1. The molecule has 1 aromatic carbocycles. The van der Waals surface area contributed by atoms with Gasteiger partial charge in [0.25, 0.3) is 5.91 Å². The minimum atomic E-state index is -0.505. The van der Waals surface area contributed by atoms with Crippen molar-refractivity contribution >= 4 is 16.7 Å². The van der Waals surface area contributed by atoms with Crippen molar-refractivity contribution in [1.29, 1.82) is 0 Å². The van der Waals surface area contributed by atoms with E-state index in [0.29, 0.717) is 23.8 Å². The van der Waals surface area contributed by atoms with Crippen LogP contribution in [0.25, 0.3) is 10.8 Å². The average molecular weight is 355 g/mol. The number of hydrogen-bond donors (Lipinski definition) is 2. The van der Waals surface area contributed by atoms with Gasteiger partial charge in [0.1, 0.15) is 5.75 Å². The second kappa shape index (κ2) is 6.43. The van der Waals surface area contributed by atoms with Crippen LogP contribution in [0.15, 0.2) is 24.4 Å². The fourth-order valence-corrected chi connectivity index (χ4v) is 3.94. The lowest BCUT2D eigenvalue weighted by atomic mass is 10.00. The predicted molar refractivity (Wildman–Crippen MR) is 99.5 cm³/mol. The van der Waals surface area contributed by atoms with Gasteiger partial charge in [-0.15, -0.1) is 0 Å². The molecule has 2 aliphatic rings. The summed E-state index contributed by atoms with van der Waals surface area (Å²) in [5.74, 6) is 1.31. The number of carbonyl (C=O) groups is 1. The topological polar surface area (TPSA) is 86.5 Å². The van der Waals surface area contributed by atoms with Gasteiger partial charge in [-0.3, -0.25) is 4.79 Å². The standard InChI is InChI=1S/C20H25N3O3/c1-12(2)26-17-8-15-13(7-16(17)18(21)24)3-6-23-19(15)25-11-20-9-14(20)4-5-22-10-20/h3,6-8,12,14,22H,4-5,9-11H2,1-2H3,(H2,21,24)/t14?,20-/m1/s1. The summed E-state index contributed by atoms with van der Waals surface area (Å²) < 4.78 is 11.9. The molecule has 1 aliphatic carbocycles. The Labute approximate surface area is 153 Å². The quantitative estimate of drug-likeness (QED) is 0.831. The summed E-state index contributed by atoms with van der Waals surface area (Å²) in [6.07, 6.45) is 4.08. The van der Waals surface area contributed by atoms with Crippen LogP contribution in [0.4, 0.5) is 0 Å². The summed E-state index contributed by atoms with van der Waals surface area (Å²) in [5, 5.41) is 5.17. The highest BCUT2D eigenvalue weighted by Crippen LogP contribution is 2.55. The highest BCUT2D eigenvalue weighted by atomic mass is 16.5. The van der Waals surface area contributed by atoms with Gasteiger partial charge in [0.2, 0.25) is 5.88 Å². The maximum Gasteiger partial charge on any atom is 0.252 e. The van der Waals surface area contributed by atoms with E-state index in [9.17, 15) is 4.79 Å². The van der Waals surface area contributed by atoms with Crippen LogP contribution in [-0.2, 0) is 0 Å². The molecule has 1 aliphatic heterocycles. The van der Waals surface area contributed by atoms with Crippen LogP contribution in [0.1, 0.15) is 37.0 Å². The number of hydrogen-bond acceptors (Lipinski definition) is 5. The SMILES string of the molecule is CC(C)Oc1cc2c(OC[C@@]34CNCCC3C4)nccc2cc1C(N)=O. The Morgan fingerprint density at radius 2 is 2.31 bits per heavy atom. The lowest BCUT2D eigenvalue weighted by Gasteiger charge is -2.23. The molecule has 6 heteroatoms.